The standard InChI is InChI=1S/C57H35N5S/c1-3-15-36(16-4-1)55-58-56(37-17-5-2-6-18-37)60-57(59-55)40-19-13-20-41(33-40)61-48-25-10-8-22-43(48)47-34-38(30-32-50(47)61)39-29-31-44-42-21-7-11-26-49(42)62(52(44)35-39)51-27-14-24-46-45-23-9-12-28-53(45)63-54(46)51/h1-35H. The van der Waals surface area contributed by atoms with Crippen molar-refractivity contribution in [2.24, 2.45) is 0 Å². The van der Waals surface area contributed by atoms with Crippen LogP contribution < -0.4 is 0 Å². The molecule has 9 aromatic carbocycles. The summed E-state index contributed by atoms with van der Waals surface area (Å²) in [7, 11) is 0. The second kappa shape index (κ2) is 14.2. The Morgan fingerprint density at radius 2 is 0.825 bits per heavy atom. The monoisotopic (exact) mass is 821 g/mol. The molecule has 0 N–H and O–H groups in total. The molecule has 13 aromatic rings. The molecule has 4 heterocycles. The molecule has 0 atom stereocenters. The molecule has 0 fully saturated rings. The molecule has 13 rings (SSSR count). The molecule has 63 heavy (non-hydrogen) atoms. The zero-order valence-electron chi connectivity index (χ0n) is 33.9. The molecule has 0 bridgehead atoms. The van der Waals surface area contributed by atoms with Gasteiger partial charge in [0.1, 0.15) is 0 Å². The summed E-state index contributed by atoms with van der Waals surface area (Å²) in [6, 6.07) is 75.7. The molecule has 0 amide bonds. The van der Waals surface area contributed by atoms with Crippen LogP contribution in [0.1, 0.15) is 0 Å². The zero-order chi connectivity index (χ0) is 41.4. The van der Waals surface area contributed by atoms with Crippen LogP contribution in [0, 0.1) is 0 Å². The van der Waals surface area contributed by atoms with Crippen molar-refractivity contribution in [2.75, 3.05) is 0 Å². The first-order valence-corrected chi connectivity index (χ1v) is 22.0. The fourth-order valence-corrected chi connectivity index (χ4v) is 10.7. The van der Waals surface area contributed by atoms with Gasteiger partial charge in [-0.15, -0.1) is 11.3 Å². The largest absolute Gasteiger partial charge is 0.309 e. The van der Waals surface area contributed by atoms with E-state index in [-0.39, 0.29) is 0 Å². The van der Waals surface area contributed by atoms with Crippen molar-refractivity contribution in [3.8, 4) is 56.7 Å². The second-order valence-corrected chi connectivity index (χ2v) is 17.1. The highest BCUT2D eigenvalue weighted by Crippen LogP contribution is 2.42. The molecular formula is C57H35N5S. The predicted molar refractivity (Wildman–Crippen MR) is 263 cm³/mol. The maximum atomic E-state index is 5.04. The number of hydrogen-bond donors (Lipinski definition) is 0. The second-order valence-electron chi connectivity index (χ2n) is 16.0. The lowest BCUT2D eigenvalue weighted by Crippen LogP contribution is -2.01. The SMILES string of the molecule is c1ccc(-c2nc(-c3ccccc3)nc(-c3cccc(-n4c5ccccc5c5cc(-c6ccc7c8ccccc8n(-c8cccc9c8sc8ccccc89)c7c6)ccc54)c3)n2)cc1. The quantitative estimate of drug-likeness (QED) is 0.168. The fraction of sp³-hybridized carbons (Fsp3) is 0. The summed E-state index contributed by atoms with van der Waals surface area (Å²) in [6.45, 7) is 0. The first-order chi connectivity index (χ1) is 31.2. The minimum atomic E-state index is 0.629. The number of rotatable bonds is 6. The van der Waals surface area contributed by atoms with E-state index >= 15 is 0 Å². The first kappa shape index (κ1) is 35.6. The van der Waals surface area contributed by atoms with Crippen LogP contribution in [0.25, 0.3) is 120 Å². The molecule has 6 heteroatoms. The number of para-hydroxylation sites is 2. The molecule has 294 valence electrons. The summed E-state index contributed by atoms with van der Waals surface area (Å²) in [5, 5.41) is 7.49. The molecule has 0 saturated heterocycles. The van der Waals surface area contributed by atoms with Gasteiger partial charge < -0.3 is 9.13 Å². The van der Waals surface area contributed by atoms with Crippen LogP contribution in [0.2, 0.25) is 0 Å². The maximum absolute atomic E-state index is 5.04. The van der Waals surface area contributed by atoms with Gasteiger partial charge in [-0.2, -0.15) is 0 Å². The van der Waals surface area contributed by atoms with Gasteiger partial charge >= 0.3 is 0 Å². The summed E-state index contributed by atoms with van der Waals surface area (Å²) in [6.07, 6.45) is 0. The minimum absolute atomic E-state index is 0.629. The van der Waals surface area contributed by atoms with Gasteiger partial charge in [-0.3, -0.25) is 0 Å². The Hall–Kier alpha value is -8.19. The van der Waals surface area contributed by atoms with Crippen molar-refractivity contribution in [2.45, 2.75) is 0 Å². The Kier molecular flexibility index (Phi) is 8.01. The van der Waals surface area contributed by atoms with E-state index in [0.717, 1.165) is 33.4 Å². The molecular weight excluding hydrogens is 787 g/mol. The summed E-state index contributed by atoms with van der Waals surface area (Å²) in [5.41, 5.74) is 12.1. The lowest BCUT2D eigenvalue weighted by molar-refractivity contribution is 1.07. The molecule has 0 aliphatic heterocycles. The average molecular weight is 822 g/mol. The molecule has 0 aliphatic carbocycles. The molecule has 5 nitrogen and oxygen atoms in total. The van der Waals surface area contributed by atoms with Gasteiger partial charge in [-0.05, 0) is 65.7 Å². The van der Waals surface area contributed by atoms with E-state index in [1.165, 1.54) is 69.6 Å². The van der Waals surface area contributed by atoms with E-state index in [1.807, 2.05) is 72.0 Å². The Labute approximate surface area is 366 Å². The highest BCUT2D eigenvalue weighted by molar-refractivity contribution is 7.26. The van der Waals surface area contributed by atoms with E-state index < -0.39 is 0 Å². The van der Waals surface area contributed by atoms with Gasteiger partial charge in [0.15, 0.2) is 17.5 Å². The van der Waals surface area contributed by atoms with Gasteiger partial charge in [0.05, 0.1) is 32.5 Å². The van der Waals surface area contributed by atoms with Crippen LogP contribution in [0.3, 0.4) is 0 Å². The van der Waals surface area contributed by atoms with Gasteiger partial charge in [0.25, 0.3) is 0 Å². The highest BCUT2D eigenvalue weighted by Gasteiger charge is 2.19. The molecule has 0 unspecified atom stereocenters. The summed E-state index contributed by atoms with van der Waals surface area (Å²) in [5.74, 6) is 1.92. The van der Waals surface area contributed by atoms with Crippen LogP contribution in [-0.2, 0) is 0 Å². The fourth-order valence-electron chi connectivity index (χ4n) is 9.47. The Morgan fingerprint density at radius 1 is 0.302 bits per heavy atom. The van der Waals surface area contributed by atoms with E-state index in [1.54, 1.807) is 0 Å². The third-order valence-corrected chi connectivity index (χ3v) is 13.6. The highest BCUT2D eigenvalue weighted by atomic mass is 32.1. The molecule has 0 radical (unpaired) electrons. The van der Waals surface area contributed by atoms with Crippen molar-refractivity contribution in [1.29, 1.82) is 0 Å². The molecule has 0 saturated carbocycles. The van der Waals surface area contributed by atoms with Gasteiger partial charge in [-0.1, -0.05) is 158 Å². The van der Waals surface area contributed by atoms with Crippen LogP contribution >= 0.6 is 11.3 Å². The van der Waals surface area contributed by atoms with E-state index in [2.05, 4.69) is 161 Å². The van der Waals surface area contributed by atoms with Gasteiger partial charge in [0.2, 0.25) is 0 Å². The summed E-state index contributed by atoms with van der Waals surface area (Å²) < 4.78 is 7.44. The third kappa shape index (κ3) is 5.73. The Balaban J connectivity index is 0.960. The van der Waals surface area contributed by atoms with Crippen molar-refractivity contribution < 1.29 is 0 Å². The lowest BCUT2D eigenvalue weighted by atomic mass is 10.0. The molecule has 0 aliphatic rings. The topological polar surface area (TPSA) is 48.5 Å². The first-order valence-electron chi connectivity index (χ1n) is 21.2. The van der Waals surface area contributed by atoms with Crippen LogP contribution in [0.5, 0.6) is 0 Å². The van der Waals surface area contributed by atoms with E-state index in [9.17, 15) is 0 Å². The maximum Gasteiger partial charge on any atom is 0.164 e. The zero-order valence-corrected chi connectivity index (χ0v) is 34.7. The van der Waals surface area contributed by atoms with Crippen molar-refractivity contribution in [1.82, 2.24) is 24.1 Å². The van der Waals surface area contributed by atoms with Crippen molar-refractivity contribution in [3.05, 3.63) is 212 Å². The van der Waals surface area contributed by atoms with Crippen molar-refractivity contribution >= 4 is 75.1 Å². The molecule has 4 aromatic heterocycles. The number of nitrogens with zero attached hydrogens (tertiary/aromatic N) is 5. The van der Waals surface area contributed by atoms with Crippen molar-refractivity contribution in [3.63, 3.8) is 0 Å². The normalized spacial score (nSPS) is 11.8. The number of thiophene rings is 1. The lowest BCUT2D eigenvalue weighted by Gasteiger charge is -2.12. The minimum Gasteiger partial charge on any atom is -0.309 e. The Bertz CT molecular complexity index is 3860. The number of hydrogen-bond acceptors (Lipinski definition) is 4. The molecule has 0 spiro atoms. The summed E-state index contributed by atoms with van der Waals surface area (Å²) in [4.78, 5) is 15.0. The number of benzene rings is 9. The number of fused-ring (bicyclic) bond motifs is 9. The summed E-state index contributed by atoms with van der Waals surface area (Å²) >= 11 is 1.87. The smallest absolute Gasteiger partial charge is 0.164 e. The van der Waals surface area contributed by atoms with Crippen LogP contribution in [0.15, 0.2) is 212 Å². The Morgan fingerprint density at radius 3 is 1.57 bits per heavy atom. The average Bonchev–Trinajstić information content (AvgIpc) is 4.02. The van der Waals surface area contributed by atoms with Crippen LogP contribution in [-0.4, -0.2) is 24.1 Å². The third-order valence-electron chi connectivity index (χ3n) is 12.4. The van der Waals surface area contributed by atoms with E-state index in [4.69, 9.17) is 15.0 Å². The van der Waals surface area contributed by atoms with Gasteiger partial charge in [-0.25, -0.2) is 15.0 Å². The number of aromatic nitrogens is 5. The van der Waals surface area contributed by atoms with E-state index in [0.29, 0.717) is 17.5 Å². The predicted octanol–water partition coefficient (Wildman–Crippen LogP) is 15.1. The van der Waals surface area contributed by atoms with Crippen LogP contribution in [0.4, 0.5) is 0 Å². The van der Waals surface area contributed by atoms with Gasteiger partial charge in [0, 0.05) is 59.4 Å².